The van der Waals surface area contributed by atoms with E-state index in [4.69, 9.17) is 9.47 Å². The summed E-state index contributed by atoms with van der Waals surface area (Å²) in [6.07, 6.45) is 1.80. The third-order valence-corrected chi connectivity index (χ3v) is 3.96. The average Bonchev–Trinajstić information content (AvgIpc) is 2.45. The van der Waals surface area contributed by atoms with Gasteiger partial charge < -0.3 is 19.7 Å². The molecular weight excluding hydrogens is 244 g/mol. The van der Waals surface area contributed by atoms with Crippen LogP contribution in [0.2, 0.25) is 0 Å². The second kappa shape index (κ2) is 4.64. The van der Waals surface area contributed by atoms with Gasteiger partial charge >= 0.3 is 6.03 Å². The first-order valence-corrected chi connectivity index (χ1v) is 6.54. The highest BCUT2D eigenvalue weighted by Crippen LogP contribution is 2.40. The predicted molar refractivity (Wildman–Crippen MR) is 70.7 cm³/mol. The third kappa shape index (κ3) is 1.89. The topological polar surface area (TPSA) is 50.8 Å². The van der Waals surface area contributed by atoms with Crippen molar-refractivity contribution in [2.45, 2.75) is 18.9 Å². The molecule has 0 aromatic heterocycles. The van der Waals surface area contributed by atoms with Crippen molar-refractivity contribution in [1.29, 1.82) is 0 Å². The van der Waals surface area contributed by atoms with E-state index in [1.807, 2.05) is 17.0 Å². The summed E-state index contributed by atoms with van der Waals surface area (Å²) < 4.78 is 10.7. The fourth-order valence-electron chi connectivity index (χ4n) is 3.00. The Hall–Kier alpha value is -1.91. The minimum Gasteiger partial charge on any atom is -0.493 e. The summed E-state index contributed by atoms with van der Waals surface area (Å²) in [6.45, 7) is 1.49. The Bertz CT molecular complexity index is 516. The highest BCUT2D eigenvalue weighted by molar-refractivity contribution is 5.76. The van der Waals surface area contributed by atoms with Gasteiger partial charge in [-0.25, -0.2) is 4.79 Å². The van der Waals surface area contributed by atoms with Crippen LogP contribution in [0.15, 0.2) is 12.1 Å². The number of nitrogens with zero attached hydrogens (tertiary/aromatic N) is 1. The van der Waals surface area contributed by atoms with Gasteiger partial charge in [0.1, 0.15) is 0 Å². The first kappa shape index (κ1) is 12.1. The summed E-state index contributed by atoms with van der Waals surface area (Å²) in [4.78, 5) is 13.8. The van der Waals surface area contributed by atoms with Crippen LogP contribution in [-0.2, 0) is 6.42 Å². The molecule has 1 aromatic rings. The first-order chi connectivity index (χ1) is 9.24. The van der Waals surface area contributed by atoms with Crippen LogP contribution in [-0.4, -0.2) is 38.2 Å². The summed E-state index contributed by atoms with van der Waals surface area (Å²) in [6, 6.07) is 4.26. The number of amides is 2. The van der Waals surface area contributed by atoms with Crippen LogP contribution in [0.25, 0.3) is 0 Å². The molecule has 5 heteroatoms. The van der Waals surface area contributed by atoms with Crippen molar-refractivity contribution in [3.8, 4) is 11.5 Å². The highest BCUT2D eigenvalue weighted by atomic mass is 16.5. The van der Waals surface area contributed by atoms with Crippen molar-refractivity contribution in [3.63, 3.8) is 0 Å². The molecular formula is C14H18N2O3. The van der Waals surface area contributed by atoms with Gasteiger partial charge in [-0.2, -0.15) is 0 Å². The molecule has 2 aliphatic rings. The molecule has 0 unspecified atom stereocenters. The minimum absolute atomic E-state index is 0.0386. The zero-order valence-corrected chi connectivity index (χ0v) is 11.2. The maximum Gasteiger partial charge on any atom is 0.317 e. The van der Waals surface area contributed by atoms with Crippen LogP contribution in [0.1, 0.15) is 23.6 Å². The molecule has 0 aliphatic carbocycles. The lowest BCUT2D eigenvalue weighted by Gasteiger charge is -2.40. The molecule has 5 nitrogen and oxygen atoms in total. The molecule has 0 saturated carbocycles. The number of benzene rings is 1. The summed E-state index contributed by atoms with van der Waals surface area (Å²) >= 11 is 0. The van der Waals surface area contributed by atoms with Crippen LogP contribution in [0.3, 0.4) is 0 Å². The number of fused-ring (bicyclic) bond motifs is 3. The van der Waals surface area contributed by atoms with E-state index in [2.05, 4.69) is 5.32 Å². The van der Waals surface area contributed by atoms with E-state index in [1.54, 1.807) is 14.2 Å². The Morgan fingerprint density at radius 3 is 2.74 bits per heavy atom. The number of urea groups is 1. The predicted octanol–water partition coefficient (Wildman–Crippen LogP) is 1.72. The number of hydrogen-bond acceptors (Lipinski definition) is 3. The van der Waals surface area contributed by atoms with Crippen LogP contribution in [0.4, 0.5) is 4.79 Å². The zero-order valence-electron chi connectivity index (χ0n) is 11.2. The minimum atomic E-state index is 0.0386. The van der Waals surface area contributed by atoms with Gasteiger partial charge in [0.2, 0.25) is 0 Å². The monoisotopic (exact) mass is 262 g/mol. The lowest BCUT2D eigenvalue weighted by Crippen LogP contribution is -2.50. The molecule has 0 radical (unpaired) electrons. The van der Waals surface area contributed by atoms with Crippen LogP contribution in [0, 0.1) is 0 Å². The molecule has 1 saturated heterocycles. The molecule has 1 fully saturated rings. The van der Waals surface area contributed by atoms with E-state index < -0.39 is 0 Å². The van der Waals surface area contributed by atoms with Gasteiger partial charge in [-0.1, -0.05) is 0 Å². The average molecular weight is 262 g/mol. The lowest BCUT2D eigenvalue weighted by molar-refractivity contribution is 0.148. The second-order valence-corrected chi connectivity index (χ2v) is 4.89. The normalized spacial score (nSPS) is 21.3. The fourth-order valence-corrected chi connectivity index (χ4v) is 3.00. The van der Waals surface area contributed by atoms with Gasteiger partial charge in [0.15, 0.2) is 11.5 Å². The van der Waals surface area contributed by atoms with Crippen molar-refractivity contribution < 1.29 is 14.3 Å². The number of ether oxygens (including phenoxy) is 2. The van der Waals surface area contributed by atoms with Gasteiger partial charge in [-0.15, -0.1) is 0 Å². The first-order valence-electron chi connectivity index (χ1n) is 6.54. The smallest absolute Gasteiger partial charge is 0.317 e. The van der Waals surface area contributed by atoms with Gasteiger partial charge in [0.25, 0.3) is 0 Å². The van der Waals surface area contributed by atoms with E-state index in [1.165, 1.54) is 11.1 Å². The number of rotatable bonds is 2. The maximum atomic E-state index is 11.9. The van der Waals surface area contributed by atoms with E-state index in [0.29, 0.717) is 0 Å². The van der Waals surface area contributed by atoms with E-state index in [9.17, 15) is 4.79 Å². The van der Waals surface area contributed by atoms with Crippen molar-refractivity contribution >= 4 is 6.03 Å². The van der Waals surface area contributed by atoms with Crippen molar-refractivity contribution in [1.82, 2.24) is 10.2 Å². The number of methoxy groups -OCH3 is 2. The number of carbonyl (C=O) groups excluding carboxylic acids is 1. The summed E-state index contributed by atoms with van der Waals surface area (Å²) in [5, 5.41) is 2.89. The highest BCUT2D eigenvalue weighted by Gasteiger charge is 2.34. The van der Waals surface area contributed by atoms with Crippen molar-refractivity contribution in [3.05, 3.63) is 23.3 Å². The summed E-state index contributed by atoms with van der Waals surface area (Å²) in [7, 11) is 3.28. The lowest BCUT2D eigenvalue weighted by atomic mass is 9.89. The molecule has 1 N–H and O–H groups in total. The van der Waals surface area contributed by atoms with Gasteiger partial charge in [-0.05, 0) is 36.1 Å². The zero-order chi connectivity index (χ0) is 13.4. The Balaban J connectivity index is 2.04. The summed E-state index contributed by atoms with van der Waals surface area (Å²) in [5.41, 5.74) is 2.45. The molecule has 1 atom stereocenters. The van der Waals surface area contributed by atoms with Crippen molar-refractivity contribution in [2.75, 3.05) is 27.3 Å². The van der Waals surface area contributed by atoms with Crippen LogP contribution < -0.4 is 14.8 Å². The third-order valence-electron chi connectivity index (χ3n) is 3.96. The Morgan fingerprint density at radius 2 is 2.00 bits per heavy atom. The molecule has 0 bridgehead atoms. The molecule has 1 aromatic carbocycles. The fraction of sp³-hybridized carbons (Fsp3) is 0.500. The van der Waals surface area contributed by atoms with Gasteiger partial charge in [-0.3, -0.25) is 0 Å². The largest absolute Gasteiger partial charge is 0.493 e. The Labute approximate surface area is 112 Å². The Kier molecular flexibility index (Phi) is 2.97. The molecule has 102 valence electrons. The van der Waals surface area contributed by atoms with E-state index >= 15 is 0 Å². The molecule has 19 heavy (non-hydrogen) atoms. The van der Waals surface area contributed by atoms with E-state index in [0.717, 1.165) is 37.4 Å². The SMILES string of the molecule is COc1cc2c(cc1OC)[C@H]1CCNC(=O)N1CC2. The van der Waals surface area contributed by atoms with Gasteiger partial charge in [0.05, 0.1) is 20.3 Å². The number of nitrogens with one attached hydrogen (secondary N) is 1. The van der Waals surface area contributed by atoms with E-state index in [-0.39, 0.29) is 12.1 Å². The molecule has 3 rings (SSSR count). The molecule has 0 spiro atoms. The quantitative estimate of drug-likeness (QED) is 0.883. The molecule has 2 amide bonds. The van der Waals surface area contributed by atoms with Crippen molar-refractivity contribution in [2.24, 2.45) is 0 Å². The maximum absolute atomic E-state index is 11.9. The number of hydrogen-bond donors (Lipinski definition) is 1. The second-order valence-electron chi connectivity index (χ2n) is 4.89. The molecule has 2 heterocycles. The standard InChI is InChI=1S/C14H18N2O3/c1-18-12-7-9-4-6-16-11(3-5-15-14(16)17)10(9)8-13(12)19-2/h7-8,11H,3-6H2,1-2H3,(H,15,17)/t11-/m1/s1. The van der Waals surface area contributed by atoms with Crippen LogP contribution in [0.5, 0.6) is 11.5 Å². The Morgan fingerprint density at radius 1 is 1.26 bits per heavy atom. The van der Waals surface area contributed by atoms with Crippen LogP contribution >= 0.6 is 0 Å². The number of carbonyl (C=O) groups is 1. The van der Waals surface area contributed by atoms with Gasteiger partial charge in [0, 0.05) is 13.1 Å². The summed E-state index contributed by atoms with van der Waals surface area (Å²) in [5.74, 6) is 1.49. The molecule has 2 aliphatic heterocycles.